The maximum Gasteiger partial charge on any atom is 0.243 e. The van der Waals surface area contributed by atoms with E-state index in [1.54, 1.807) is 18.3 Å². The molecule has 8 N–H and O–H groups in total. The number of rotatable bonds is 12. The van der Waals surface area contributed by atoms with E-state index >= 15 is 0 Å². The molecule has 4 amide bonds. The highest BCUT2D eigenvalue weighted by molar-refractivity contribution is 9.10. The molecule has 4 atom stereocenters. The lowest BCUT2D eigenvalue weighted by molar-refractivity contribution is -0.140. The molecule has 0 radical (unpaired) electrons. The minimum Gasteiger partial charge on any atom is -0.508 e. The van der Waals surface area contributed by atoms with Crippen molar-refractivity contribution in [3.05, 3.63) is 100 Å². The second-order valence-electron chi connectivity index (χ2n) is 11.6. The van der Waals surface area contributed by atoms with Crippen molar-refractivity contribution in [2.24, 2.45) is 11.5 Å². The predicted octanol–water partition coefficient (Wildman–Crippen LogP) is 2.44. The van der Waals surface area contributed by atoms with Gasteiger partial charge in [-0.05, 0) is 66.3 Å². The highest BCUT2D eigenvalue weighted by Crippen LogP contribution is 2.22. The van der Waals surface area contributed by atoms with E-state index in [0.717, 1.165) is 32.1 Å². The summed E-state index contributed by atoms with van der Waals surface area (Å²) in [6, 6.07) is 17.6. The molecule has 1 aliphatic rings. The average Bonchev–Trinajstić information content (AvgIpc) is 3.70. The number of phenolic OH excluding ortho intramolecular Hbond substituents is 1. The summed E-state index contributed by atoms with van der Waals surface area (Å²) >= 11 is 3.39. The van der Waals surface area contributed by atoms with Gasteiger partial charge in [-0.2, -0.15) is 0 Å². The zero-order valence-corrected chi connectivity index (χ0v) is 26.7. The van der Waals surface area contributed by atoms with Crippen molar-refractivity contribution >= 4 is 50.5 Å². The van der Waals surface area contributed by atoms with E-state index in [-0.39, 0.29) is 30.9 Å². The van der Waals surface area contributed by atoms with E-state index in [1.807, 2.05) is 48.5 Å². The van der Waals surface area contributed by atoms with Crippen molar-refractivity contribution < 1.29 is 24.3 Å². The third-order valence-corrected chi connectivity index (χ3v) is 8.82. The van der Waals surface area contributed by atoms with Crippen LogP contribution in [0.5, 0.6) is 5.75 Å². The summed E-state index contributed by atoms with van der Waals surface area (Å²) in [5, 5.41) is 16.1. The number of nitrogens with two attached hydrogens (primary N) is 2. The van der Waals surface area contributed by atoms with Crippen LogP contribution in [0.2, 0.25) is 0 Å². The number of para-hydroxylation sites is 1. The van der Waals surface area contributed by atoms with Crippen LogP contribution >= 0.6 is 15.9 Å². The van der Waals surface area contributed by atoms with Crippen LogP contribution in [-0.2, 0) is 38.4 Å². The number of benzene rings is 3. The molecular weight excluding hydrogens is 652 g/mol. The molecule has 12 heteroatoms. The second-order valence-corrected chi connectivity index (χ2v) is 12.5. The topological polar surface area (TPSA) is 184 Å². The van der Waals surface area contributed by atoms with Gasteiger partial charge in [-0.25, -0.2) is 0 Å². The standard InChI is InChI=1S/C34H37BrN6O5/c35-23-11-7-21(8-12-23)17-28(31(37)43)39-32(44)29(18-22-19-38-27-5-2-1-4-25(22)27)40-33(45)30-6-3-15-41(30)34(46)26(36)16-20-9-13-24(42)14-10-20/h1-2,4-5,7-14,19,26,28-30,38,42H,3,6,15-18,36H2,(H2,37,43)(H,39,44)(H,40,45)/t26-,28-,29-,30-/m0/s1. The van der Waals surface area contributed by atoms with Gasteiger partial charge in [-0.3, -0.25) is 19.2 Å². The van der Waals surface area contributed by atoms with Crippen molar-refractivity contribution in [2.45, 2.75) is 56.3 Å². The fourth-order valence-electron chi connectivity index (χ4n) is 5.84. The first-order valence-corrected chi connectivity index (χ1v) is 15.9. The first kappa shape index (κ1) is 32.7. The number of aromatic nitrogens is 1. The molecule has 0 bridgehead atoms. The van der Waals surface area contributed by atoms with E-state index in [0.29, 0.717) is 19.4 Å². The number of hydrogen-bond acceptors (Lipinski definition) is 6. The molecule has 1 saturated heterocycles. The molecule has 11 nitrogen and oxygen atoms in total. The monoisotopic (exact) mass is 688 g/mol. The summed E-state index contributed by atoms with van der Waals surface area (Å²) in [6.07, 6.45) is 3.35. The van der Waals surface area contributed by atoms with E-state index in [2.05, 4.69) is 31.5 Å². The van der Waals surface area contributed by atoms with Crippen molar-refractivity contribution in [3.63, 3.8) is 0 Å². The van der Waals surface area contributed by atoms with Crippen LogP contribution in [-0.4, -0.2) is 69.3 Å². The van der Waals surface area contributed by atoms with Gasteiger partial charge in [0.05, 0.1) is 6.04 Å². The Kier molecular flexibility index (Phi) is 10.4. The van der Waals surface area contributed by atoms with Gasteiger partial charge in [0.15, 0.2) is 0 Å². The lowest BCUT2D eigenvalue weighted by Gasteiger charge is -2.29. The van der Waals surface area contributed by atoms with Crippen LogP contribution in [0.4, 0.5) is 0 Å². The smallest absolute Gasteiger partial charge is 0.243 e. The summed E-state index contributed by atoms with van der Waals surface area (Å²) in [7, 11) is 0. The van der Waals surface area contributed by atoms with Gasteiger partial charge in [-0.1, -0.05) is 58.4 Å². The molecule has 0 unspecified atom stereocenters. The van der Waals surface area contributed by atoms with E-state index in [4.69, 9.17) is 11.5 Å². The Morgan fingerprint density at radius 2 is 1.59 bits per heavy atom. The number of carbonyl (C=O) groups excluding carboxylic acids is 4. The summed E-state index contributed by atoms with van der Waals surface area (Å²) in [6.45, 7) is 0.358. The predicted molar refractivity (Wildman–Crippen MR) is 177 cm³/mol. The van der Waals surface area contributed by atoms with E-state index < -0.39 is 41.9 Å². The number of likely N-dealkylation sites (tertiary alicyclic amines) is 1. The van der Waals surface area contributed by atoms with Crippen LogP contribution in [0.25, 0.3) is 10.9 Å². The zero-order chi connectivity index (χ0) is 32.8. The first-order valence-electron chi connectivity index (χ1n) is 15.1. The number of hydrogen-bond donors (Lipinski definition) is 6. The maximum atomic E-state index is 13.8. The Morgan fingerprint density at radius 1 is 0.913 bits per heavy atom. The Morgan fingerprint density at radius 3 is 2.30 bits per heavy atom. The van der Waals surface area contributed by atoms with Crippen LogP contribution in [0.15, 0.2) is 83.5 Å². The summed E-state index contributed by atoms with van der Waals surface area (Å²) in [5.74, 6) is -2.01. The van der Waals surface area contributed by atoms with Gasteiger partial charge < -0.3 is 37.1 Å². The molecule has 0 spiro atoms. The van der Waals surface area contributed by atoms with E-state index in [9.17, 15) is 24.3 Å². The number of fused-ring (bicyclic) bond motifs is 1. The SMILES string of the molecule is NC(=O)[C@H](Cc1ccc(Br)cc1)NC(=O)[C@H](Cc1c[nH]c2ccccc12)NC(=O)[C@@H]1CCCN1C(=O)[C@@H](N)Cc1ccc(O)cc1. The van der Waals surface area contributed by atoms with Crippen molar-refractivity contribution in [1.82, 2.24) is 20.5 Å². The van der Waals surface area contributed by atoms with E-state index in [1.165, 1.54) is 17.0 Å². The fraction of sp³-hybridized carbons (Fsp3) is 0.294. The molecule has 1 fully saturated rings. The first-order chi connectivity index (χ1) is 22.1. The highest BCUT2D eigenvalue weighted by Gasteiger charge is 2.38. The number of amides is 4. The summed E-state index contributed by atoms with van der Waals surface area (Å²) in [5.41, 5.74) is 15.2. The number of nitrogens with one attached hydrogen (secondary N) is 3. The number of phenols is 1. The number of H-pyrrole nitrogens is 1. The largest absolute Gasteiger partial charge is 0.508 e. The van der Waals surface area contributed by atoms with Crippen molar-refractivity contribution in [3.8, 4) is 5.75 Å². The lowest BCUT2D eigenvalue weighted by atomic mass is 10.0. The minimum atomic E-state index is -1.07. The Bertz CT molecular complexity index is 1710. The molecule has 4 aromatic rings. The number of aromatic amines is 1. The Labute approximate surface area is 274 Å². The number of primary amides is 1. The molecule has 240 valence electrons. The van der Waals surface area contributed by atoms with Gasteiger partial charge in [-0.15, -0.1) is 0 Å². The van der Waals surface area contributed by atoms with Crippen LogP contribution in [0, 0.1) is 0 Å². The lowest BCUT2D eigenvalue weighted by Crippen LogP contribution is -2.58. The van der Waals surface area contributed by atoms with Crippen LogP contribution in [0.1, 0.15) is 29.5 Å². The summed E-state index contributed by atoms with van der Waals surface area (Å²) in [4.78, 5) is 58.1. The molecule has 0 aliphatic carbocycles. The normalized spacial score (nSPS) is 16.5. The third-order valence-electron chi connectivity index (χ3n) is 8.29. The third kappa shape index (κ3) is 7.93. The van der Waals surface area contributed by atoms with Crippen molar-refractivity contribution in [2.75, 3.05) is 6.54 Å². The molecule has 0 saturated carbocycles. The molecule has 2 heterocycles. The zero-order valence-electron chi connectivity index (χ0n) is 25.1. The maximum absolute atomic E-state index is 13.8. The quantitative estimate of drug-likeness (QED) is 0.133. The molecule has 5 rings (SSSR count). The number of carbonyl (C=O) groups is 4. The second kappa shape index (κ2) is 14.6. The average molecular weight is 690 g/mol. The van der Waals surface area contributed by atoms with Gasteiger partial charge in [0.25, 0.3) is 0 Å². The fourth-order valence-corrected chi connectivity index (χ4v) is 6.10. The summed E-state index contributed by atoms with van der Waals surface area (Å²) < 4.78 is 0.873. The molecule has 46 heavy (non-hydrogen) atoms. The number of nitrogens with zero attached hydrogens (tertiary/aromatic N) is 1. The molecule has 1 aliphatic heterocycles. The highest BCUT2D eigenvalue weighted by atomic mass is 79.9. The molecule has 1 aromatic heterocycles. The van der Waals surface area contributed by atoms with Crippen LogP contribution in [0.3, 0.4) is 0 Å². The Balaban J connectivity index is 1.33. The van der Waals surface area contributed by atoms with Gasteiger partial charge >= 0.3 is 0 Å². The Hall–Kier alpha value is -4.68. The molecular formula is C34H37BrN6O5. The van der Waals surface area contributed by atoms with Crippen LogP contribution < -0.4 is 22.1 Å². The van der Waals surface area contributed by atoms with Gasteiger partial charge in [0.2, 0.25) is 23.6 Å². The number of aromatic hydroxyl groups is 1. The van der Waals surface area contributed by atoms with Gasteiger partial charge in [0.1, 0.15) is 23.9 Å². The van der Waals surface area contributed by atoms with Gasteiger partial charge in [0, 0.05) is 41.0 Å². The number of halogens is 1. The minimum absolute atomic E-state index is 0.113. The molecule has 3 aromatic carbocycles. The van der Waals surface area contributed by atoms with Crippen molar-refractivity contribution in [1.29, 1.82) is 0 Å².